The summed E-state index contributed by atoms with van der Waals surface area (Å²) in [6.07, 6.45) is 1.49. The topological polar surface area (TPSA) is 67.8 Å². The Bertz CT molecular complexity index is 1000. The third-order valence-corrected chi connectivity index (χ3v) is 5.56. The molecular formula is C20H18N2O3S. The van der Waals surface area contributed by atoms with Crippen molar-refractivity contribution in [3.8, 4) is 5.75 Å². The molecule has 0 unspecified atom stereocenters. The summed E-state index contributed by atoms with van der Waals surface area (Å²) in [7, 11) is -2.20. The molecule has 26 heavy (non-hydrogen) atoms. The molecule has 6 heteroatoms. The first-order valence-electron chi connectivity index (χ1n) is 7.93. The zero-order valence-corrected chi connectivity index (χ0v) is 15.0. The van der Waals surface area contributed by atoms with Crippen LogP contribution in [0.15, 0.2) is 93.8 Å². The third kappa shape index (κ3) is 3.92. The largest absolute Gasteiger partial charge is 0.497 e. The zero-order chi connectivity index (χ0) is 18.4. The van der Waals surface area contributed by atoms with E-state index in [2.05, 4.69) is 10.5 Å². The number of hydrogen-bond donors (Lipinski definition) is 1. The van der Waals surface area contributed by atoms with Crippen LogP contribution in [-0.4, -0.2) is 21.7 Å². The highest BCUT2D eigenvalue weighted by atomic mass is 32.2. The van der Waals surface area contributed by atoms with Gasteiger partial charge in [-0.15, -0.1) is 0 Å². The third-order valence-electron chi connectivity index (χ3n) is 3.73. The van der Waals surface area contributed by atoms with Crippen LogP contribution in [0.2, 0.25) is 0 Å². The van der Waals surface area contributed by atoms with E-state index in [1.54, 1.807) is 42.5 Å². The zero-order valence-electron chi connectivity index (χ0n) is 14.2. The van der Waals surface area contributed by atoms with Gasteiger partial charge < -0.3 is 4.74 Å². The van der Waals surface area contributed by atoms with E-state index < -0.39 is 9.84 Å². The normalized spacial score (nSPS) is 11.4. The molecular weight excluding hydrogens is 348 g/mol. The molecule has 1 N–H and O–H groups in total. The Hall–Kier alpha value is -3.12. The molecule has 3 aromatic rings. The number of benzene rings is 3. The van der Waals surface area contributed by atoms with Gasteiger partial charge >= 0.3 is 0 Å². The number of rotatable bonds is 6. The molecule has 0 heterocycles. The van der Waals surface area contributed by atoms with Crippen LogP contribution in [-0.2, 0) is 9.84 Å². The van der Waals surface area contributed by atoms with E-state index in [1.807, 2.05) is 30.3 Å². The van der Waals surface area contributed by atoms with E-state index >= 15 is 0 Å². The predicted octanol–water partition coefficient (Wildman–Crippen LogP) is 3.97. The number of nitrogens with zero attached hydrogens (tertiary/aromatic N) is 1. The van der Waals surface area contributed by atoms with Crippen molar-refractivity contribution >= 4 is 21.7 Å². The fourth-order valence-electron chi connectivity index (χ4n) is 2.40. The summed E-state index contributed by atoms with van der Waals surface area (Å²) in [4.78, 5) is 0.362. The second kappa shape index (κ2) is 7.84. The Morgan fingerprint density at radius 3 is 2.23 bits per heavy atom. The summed E-state index contributed by atoms with van der Waals surface area (Å²) in [5.74, 6) is 0.465. The van der Waals surface area contributed by atoms with E-state index in [0.717, 1.165) is 5.69 Å². The predicted molar refractivity (Wildman–Crippen MR) is 103 cm³/mol. The molecule has 0 bridgehead atoms. The number of nitrogens with one attached hydrogen (secondary N) is 1. The minimum Gasteiger partial charge on any atom is -0.497 e. The average Bonchev–Trinajstić information content (AvgIpc) is 2.69. The maximum atomic E-state index is 13.0. The van der Waals surface area contributed by atoms with Crippen LogP contribution in [0, 0.1) is 0 Å². The summed E-state index contributed by atoms with van der Waals surface area (Å²) in [5, 5.41) is 4.15. The molecule has 0 fully saturated rings. The van der Waals surface area contributed by atoms with Gasteiger partial charge in [0.15, 0.2) is 0 Å². The van der Waals surface area contributed by atoms with Crippen molar-refractivity contribution in [1.29, 1.82) is 0 Å². The second-order valence-corrected chi connectivity index (χ2v) is 7.37. The van der Waals surface area contributed by atoms with Gasteiger partial charge in [-0.3, -0.25) is 5.43 Å². The van der Waals surface area contributed by atoms with Crippen LogP contribution in [0.4, 0.5) is 5.69 Å². The fraction of sp³-hybridized carbons (Fsp3) is 0.0500. The van der Waals surface area contributed by atoms with E-state index in [0.29, 0.717) is 11.3 Å². The van der Waals surface area contributed by atoms with Crippen molar-refractivity contribution in [3.63, 3.8) is 0 Å². The number of methoxy groups -OCH3 is 1. The Morgan fingerprint density at radius 2 is 1.58 bits per heavy atom. The molecule has 0 aromatic heterocycles. The van der Waals surface area contributed by atoms with E-state index in [1.165, 1.54) is 19.4 Å². The van der Waals surface area contributed by atoms with Gasteiger partial charge in [-0.1, -0.05) is 36.4 Å². The minimum absolute atomic E-state index is 0.140. The molecule has 0 amide bonds. The lowest BCUT2D eigenvalue weighted by Gasteiger charge is -2.10. The molecule has 0 atom stereocenters. The molecule has 0 saturated carbocycles. The maximum Gasteiger partial charge on any atom is 0.207 e. The summed E-state index contributed by atoms with van der Waals surface area (Å²) in [5.41, 5.74) is 4.16. The molecule has 0 aliphatic rings. The van der Waals surface area contributed by atoms with Crippen LogP contribution in [0.25, 0.3) is 0 Å². The summed E-state index contributed by atoms with van der Waals surface area (Å²) >= 11 is 0. The van der Waals surface area contributed by atoms with E-state index in [4.69, 9.17) is 4.74 Å². The molecule has 0 radical (unpaired) electrons. The molecule has 5 nitrogen and oxygen atoms in total. The van der Waals surface area contributed by atoms with Gasteiger partial charge in [-0.25, -0.2) is 8.42 Å². The van der Waals surface area contributed by atoms with Crippen LogP contribution in [0.5, 0.6) is 5.75 Å². The highest BCUT2D eigenvalue weighted by Crippen LogP contribution is 2.27. The van der Waals surface area contributed by atoms with E-state index in [-0.39, 0.29) is 9.79 Å². The van der Waals surface area contributed by atoms with Gasteiger partial charge in [-0.05, 0) is 42.5 Å². The van der Waals surface area contributed by atoms with Crippen LogP contribution in [0.1, 0.15) is 5.56 Å². The maximum absolute atomic E-state index is 13.0. The van der Waals surface area contributed by atoms with E-state index in [9.17, 15) is 8.42 Å². The lowest BCUT2D eigenvalue weighted by Crippen LogP contribution is -2.06. The van der Waals surface area contributed by atoms with Crippen molar-refractivity contribution < 1.29 is 13.2 Å². The summed E-state index contributed by atoms with van der Waals surface area (Å²) in [6.45, 7) is 0. The van der Waals surface area contributed by atoms with Crippen LogP contribution in [0.3, 0.4) is 0 Å². The number of anilines is 1. The Labute approximate surface area is 152 Å². The molecule has 0 aliphatic carbocycles. The van der Waals surface area contributed by atoms with Gasteiger partial charge in [0.1, 0.15) is 5.75 Å². The van der Waals surface area contributed by atoms with Crippen LogP contribution < -0.4 is 10.2 Å². The number of hydrazone groups is 1. The minimum atomic E-state index is -3.70. The first-order valence-corrected chi connectivity index (χ1v) is 9.42. The standard InChI is InChI=1S/C20H18N2O3S/c1-25-18-13-12-16(15-21-22-17-8-4-2-5-9-17)20(14-18)26(23,24)19-10-6-3-7-11-19/h2-15,22H,1H3. The lowest BCUT2D eigenvalue weighted by atomic mass is 10.2. The second-order valence-electron chi connectivity index (χ2n) is 5.46. The SMILES string of the molecule is COc1ccc(C=NNc2ccccc2)c(S(=O)(=O)c2ccccc2)c1. The number of hydrogen-bond acceptors (Lipinski definition) is 5. The van der Waals surface area contributed by atoms with Gasteiger partial charge in [0.25, 0.3) is 0 Å². The first-order chi connectivity index (χ1) is 12.6. The number of sulfone groups is 1. The quantitative estimate of drug-likeness (QED) is 0.529. The van der Waals surface area contributed by atoms with Gasteiger partial charge in [-0.2, -0.15) is 5.10 Å². The Kier molecular flexibility index (Phi) is 5.34. The molecule has 0 spiro atoms. The summed E-state index contributed by atoms with van der Waals surface area (Å²) < 4.78 is 31.2. The Balaban J connectivity index is 1.98. The molecule has 132 valence electrons. The molecule has 0 aliphatic heterocycles. The van der Waals surface area contributed by atoms with Crippen molar-refractivity contribution in [3.05, 3.63) is 84.4 Å². The van der Waals surface area contributed by atoms with Gasteiger partial charge in [0.2, 0.25) is 9.84 Å². The van der Waals surface area contributed by atoms with Gasteiger partial charge in [0, 0.05) is 5.56 Å². The number of ether oxygens (including phenoxy) is 1. The van der Waals surface area contributed by atoms with Crippen molar-refractivity contribution in [1.82, 2.24) is 0 Å². The highest BCUT2D eigenvalue weighted by molar-refractivity contribution is 7.91. The summed E-state index contributed by atoms with van der Waals surface area (Å²) in [6, 6.07) is 22.6. The van der Waals surface area contributed by atoms with Gasteiger partial charge in [0.05, 0.1) is 28.8 Å². The van der Waals surface area contributed by atoms with Crippen molar-refractivity contribution in [2.75, 3.05) is 12.5 Å². The molecule has 3 aromatic carbocycles. The Morgan fingerprint density at radius 1 is 0.923 bits per heavy atom. The fourth-order valence-corrected chi connectivity index (χ4v) is 3.87. The van der Waals surface area contributed by atoms with Crippen LogP contribution >= 0.6 is 0 Å². The molecule has 0 saturated heterocycles. The first kappa shape index (κ1) is 17.7. The smallest absolute Gasteiger partial charge is 0.207 e. The highest BCUT2D eigenvalue weighted by Gasteiger charge is 2.21. The lowest BCUT2D eigenvalue weighted by molar-refractivity contribution is 0.413. The van der Waals surface area contributed by atoms with Crippen molar-refractivity contribution in [2.45, 2.75) is 9.79 Å². The average molecular weight is 366 g/mol. The molecule has 3 rings (SSSR count). The van der Waals surface area contributed by atoms with Crippen molar-refractivity contribution in [2.24, 2.45) is 5.10 Å². The number of para-hydroxylation sites is 1. The monoisotopic (exact) mass is 366 g/mol.